The van der Waals surface area contributed by atoms with E-state index >= 15 is 0 Å². The lowest BCUT2D eigenvalue weighted by Crippen LogP contribution is -2.16. The minimum Gasteiger partial charge on any atom is -0.399 e. The van der Waals surface area contributed by atoms with Gasteiger partial charge in [-0.05, 0) is 31.2 Å². The van der Waals surface area contributed by atoms with Crippen LogP contribution >= 0.6 is 35.0 Å². The number of amides is 1. The minimum atomic E-state index is -0.351. The largest absolute Gasteiger partial charge is 0.399 e. The van der Waals surface area contributed by atoms with Crippen molar-refractivity contribution in [3.63, 3.8) is 0 Å². The molecule has 0 aliphatic heterocycles. The lowest BCUT2D eigenvalue weighted by molar-refractivity contribution is -0.116. The lowest BCUT2D eigenvalue weighted by atomic mass is 10.2. The van der Waals surface area contributed by atoms with Crippen molar-refractivity contribution in [2.75, 3.05) is 16.8 Å². The van der Waals surface area contributed by atoms with Gasteiger partial charge in [-0.25, -0.2) is 0 Å². The molecule has 7 heteroatoms. The van der Waals surface area contributed by atoms with Gasteiger partial charge in [0.1, 0.15) is 0 Å². The molecule has 2 atom stereocenters. The van der Waals surface area contributed by atoms with E-state index in [0.29, 0.717) is 27.8 Å². The van der Waals surface area contributed by atoms with Crippen LogP contribution in [0.3, 0.4) is 0 Å². The molecule has 0 radical (unpaired) electrons. The number of nitrogens with one attached hydrogen (secondary N) is 1. The fraction of sp³-hybridized carbons (Fsp3) is 0.500. The zero-order chi connectivity index (χ0) is 16.0. The van der Waals surface area contributed by atoms with Crippen LogP contribution in [0.1, 0.15) is 26.7 Å². The van der Waals surface area contributed by atoms with E-state index in [1.54, 1.807) is 30.8 Å². The zero-order valence-corrected chi connectivity index (χ0v) is 14.4. The number of benzene rings is 1. The van der Waals surface area contributed by atoms with E-state index in [9.17, 15) is 9.90 Å². The van der Waals surface area contributed by atoms with Gasteiger partial charge in [0.05, 0.1) is 21.8 Å². The van der Waals surface area contributed by atoms with Crippen molar-refractivity contribution in [2.24, 2.45) is 0 Å². The SMILES string of the molecule is CC(O)C(C)SCCCC(=O)Nc1c(Cl)cc(N)cc1Cl. The zero-order valence-electron chi connectivity index (χ0n) is 12.0. The number of aliphatic hydroxyl groups excluding tert-OH is 1. The molecular weight excluding hydrogens is 331 g/mol. The Hall–Kier alpha value is -0.620. The first-order valence-corrected chi connectivity index (χ1v) is 8.45. The molecule has 4 nitrogen and oxygen atoms in total. The maximum Gasteiger partial charge on any atom is 0.224 e. The number of aliphatic hydroxyl groups is 1. The summed E-state index contributed by atoms with van der Waals surface area (Å²) in [6.45, 7) is 3.72. The fourth-order valence-corrected chi connectivity index (χ4v) is 3.12. The monoisotopic (exact) mass is 350 g/mol. The molecule has 1 amide bonds. The quantitative estimate of drug-likeness (QED) is 0.516. The first-order chi connectivity index (χ1) is 9.81. The van der Waals surface area contributed by atoms with Gasteiger partial charge < -0.3 is 16.2 Å². The van der Waals surface area contributed by atoms with Crippen molar-refractivity contribution in [3.8, 4) is 0 Å². The van der Waals surface area contributed by atoms with Crippen molar-refractivity contribution in [1.29, 1.82) is 0 Å². The minimum absolute atomic E-state index is 0.145. The smallest absolute Gasteiger partial charge is 0.224 e. The molecule has 0 heterocycles. The van der Waals surface area contributed by atoms with Crippen LogP contribution in [0, 0.1) is 0 Å². The molecule has 0 spiro atoms. The van der Waals surface area contributed by atoms with Gasteiger partial charge in [0.2, 0.25) is 5.91 Å². The third-order valence-electron chi connectivity index (χ3n) is 2.94. The van der Waals surface area contributed by atoms with Gasteiger partial charge in [-0.2, -0.15) is 11.8 Å². The van der Waals surface area contributed by atoms with Crippen molar-refractivity contribution in [3.05, 3.63) is 22.2 Å². The van der Waals surface area contributed by atoms with Gasteiger partial charge in [-0.15, -0.1) is 0 Å². The van der Waals surface area contributed by atoms with Gasteiger partial charge in [0.25, 0.3) is 0 Å². The third kappa shape index (κ3) is 6.34. The van der Waals surface area contributed by atoms with E-state index in [2.05, 4.69) is 5.32 Å². The number of hydrogen-bond donors (Lipinski definition) is 3. The van der Waals surface area contributed by atoms with Gasteiger partial charge >= 0.3 is 0 Å². The van der Waals surface area contributed by atoms with Crippen LogP contribution in [-0.4, -0.2) is 28.1 Å². The van der Waals surface area contributed by atoms with Gasteiger partial charge in [-0.1, -0.05) is 30.1 Å². The molecule has 1 aromatic carbocycles. The summed E-state index contributed by atoms with van der Waals surface area (Å²) in [5, 5.41) is 12.9. The predicted octanol–water partition coefficient (Wildman–Crippen LogP) is 3.80. The van der Waals surface area contributed by atoms with E-state index in [0.717, 1.165) is 12.2 Å². The van der Waals surface area contributed by atoms with Crippen molar-refractivity contribution in [1.82, 2.24) is 0 Å². The highest BCUT2D eigenvalue weighted by molar-refractivity contribution is 7.99. The highest BCUT2D eigenvalue weighted by atomic mass is 35.5. The first-order valence-electron chi connectivity index (χ1n) is 6.65. The molecule has 0 saturated heterocycles. The average molecular weight is 351 g/mol. The number of halogens is 2. The standard InChI is InChI=1S/C14H20Cl2N2O2S/c1-8(19)9(2)21-5-3-4-13(20)18-14-11(15)6-10(17)7-12(14)16/h6-9,19H,3-5,17H2,1-2H3,(H,18,20). The number of carbonyl (C=O) groups excluding carboxylic acids is 1. The molecule has 21 heavy (non-hydrogen) atoms. The number of hydrogen-bond acceptors (Lipinski definition) is 4. The number of nitrogen functional groups attached to an aromatic ring is 1. The van der Waals surface area contributed by atoms with Gasteiger partial charge in [-0.3, -0.25) is 4.79 Å². The number of rotatable bonds is 7. The van der Waals surface area contributed by atoms with Crippen molar-refractivity contribution >= 4 is 52.2 Å². The molecule has 0 aliphatic carbocycles. The molecule has 4 N–H and O–H groups in total. The highest BCUT2D eigenvalue weighted by Gasteiger charge is 2.12. The van der Waals surface area contributed by atoms with Crippen LogP contribution in [-0.2, 0) is 4.79 Å². The molecule has 1 aromatic rings. The molecule has 1 rings (SSSR count). The normalized spacial score (nSPS) is 13.8. The predicted molar refractivity (Wildman–Crippen MR) is 92.3 cm³/mol. The summed E-state index contributed by atoms with van der Waals surface area (Å²) >= 11 is 13.7. The topological polar surface area (TPSA) is 75.3 Å². The molecule has 2 unspecified atom stereocenters. The number of nitrogens with two attached hydrogens (primary N) is 1. The summed E-state index contributed by atoms with van der Waals surface area (Å²) < 4.78 is 0. The van der Waals surface area contributed by atoms with Crippen LogP contribution < -0.4 is 11.1 Å². The van der Waals surface area contributed by atoms with Crippen LogP contribution in [0.25, 0.3) is 0 Å². The van der Waals surface area contributed by atoms with Gasteiger partial charge in [0, 0.05) is 17.4 Å². The maximum atomic E-state index is 11.9. The number of thioether (sulfide) groups is 1. The Morgan fingerprint density at radius 3 is 2.48 bits per heavy atom. The molecule has 0 aliphatic rings. The van der Waals surface area contributed by atoms with Crippen LogP contribution in [0.4, 0.5) is 11.4 Å². The second-order valence-electron chi connectivity index (χ2n) is 4.83. The molecule has 0 fully saturated rings. The Morgan fingerprint density at radius 1 is 1.38 bits per heavy atom. The summed E-state index contributed by atoms with van der Waals surface area (Å²) in [5.41, 5.74) is 6.45. The van der Waals surface area contributed by atoms with Crippen molar-refractivity contribution < 1.29 is 9.90 Å². The van der Waals surface area contributed by atoms with Crippen LogP contribution in [0.2, 0.25) is 10.0 Å². The number of carbonyl (C=O) groups is 1. The van der Waals surface area contributed by atoms with Crippen molar-refractivity contribution in [2.45, 2.75) is 38.0 Å². The van der Waals surface area contributed by atoms with Gasteiger partial charge in [0.15, 0.2) is 0 Å². The maximum absolute atomic E-state index is 11.9. The molecule has 118 valence electrons. The van der Waals surface area contributed by atoms with E-state index in [1.165, 1.54) is 0 Å². The number of anilines is 2. The Balaban J connectivity index is 2.41. The summed E-state index contributed by atoms with van der Waals surface area (Å²) in [4.78, 5) is 11.9. The van der Waals surface area contributed by atoms with E-state index in [-0.39, 0.29) is 17.3 Å². The summed E-state index contributed by atoms with van der Waals surface area (Å²) in [6.07, 6.45) is 0.741. The molecule has 0 aromatic heterocycles. The molecule has 0 bridgehead atoms. The summed E-state index contributed by atoms with van der Waals surface area (Å²) in [5.74, 6) is 0.664. The van der Waals surface area contributed by atoms with E-state index < -0.39 is 0 Å². The second kappa shape index (κ2) is 8.73. The molecule has 0 saturated carbocycles. The van der Waals surface area contributed by atoms with Crippen LogP contribution in [0.5, 0.6) is 0 Å². The third-order valence-corrected chi connectivity index (χ3v) is 4.98. The van der Waals surface area contributed by atoms with E-state index in [1.807, 2.05) is 6.92 Å². The summed E-state index contributed by atoms with van der Waals surface area (Å²) in [6, 6.07) is 3.09. The Bertz CT molecular complexity index is 475. The average Bonchev–Trinajstić information content (AvgIpc) is 2.38. The molecular formula is C14H20Cl2N2O2S. The Labute approximate surface area is 139 Å². The lowest BCUT2D eigenvalue weighted by Gasteiger charge is -2.14. The Morgan fingerprint density at radius 2 is 1.95 bits per heavy atom. The second-order valence-corrected chi connectivity index (χ2v) is 7.13. The first kappa shape index (κ1) is 18.4. The highest BCUT2D eigenvalue weighted by Crippen LogP contribution is 2.32. The van der Waals surface area contributed by atoms with E-state index in [4.69, 9.17) is 28.9 Å². The fourth-order valence-electron chi connectivity index (χ4n) is 1.56. The Kier molecular flexibility index (Phi) is 7.66. The summed E-state index contributed by atoms with van der Waals surface area (Å²) in [7, 11) is 0. The van der Waals surface area contributed by atoms with Crippen LogP contribution in [0.15, 0.2) is 12.1 Å².